The molecule has 1 nitrogen and oxygen atoms in total. The molecule has 0 radical (unpaired) electrons. The Bertz CT molecular complexity index is 260. The summed E-state index contributed by atoms with van der Waals surface area (Å²) in [5.41, 5.74) is 1.70. The van der Waals surface area contributed by atoms with E-state index in [-0.39, 0.29) is 5.41 Å². The van der Waals surface area contributed by atoms with E-state index in [0.717, 1.165) is 24.5 Å². The average molecular weight is 259 g/mol. The van der Waals surface area contributed by atoms with E-state index in [2.05, 4.69) is 20.4 Å². The third kappa shape index (κ3) is 3.72. The second-order valence-corrected chi connectivity index (χ2v) is 6.53. The highest BCUT2D eigenvalue weighted by Crippen LogP contribution is 2.53. The number of alkyl halides is 1. The van der Waals surface area contributed by atoms with Crippen molar-refractivity contribution in [3.05, 3.63) is 12.2 Å². The van der Waals surface area contributed by atoms with Gasteiger partial charge in [0.25, 0.3) is 0 Å². The maximum atomic E-state index is 6.29. The summed E-state index contributed by atoms with van der Waals surface area (Å²) in [7, 11) is 0. The minimum absolute atomic E-state index is 0.266. The third-order valence-corrected chi connectivity index (χ3v) is 4.98. The molecule has 0 N–H and O–H groups in total. The normalized spacial score (nSPS) is 28.0. The van der Waals surface area contributed by atoms with Gasteiger partial charge in [0.05, 0.1) is 6.61 Å². The van der Waals surface area contributed by atoms with Gasteiger partial charge in [-0.1, -0.05) is 38.8 Å². The topological polar surface area (TPSA) is 9.23 Å². The van der Waals surface area contributed by atoms with E-state index in [1.807, 2.05) is 6.92 Å². The van der Waals surface area contributed by atoms with E-state index in [4.69, 9.17) is 16.3 Å². The highest BCUT2D eigenvalue weighted by atomic mass is 35.5. The number of hydrogen-bond donors (Lipinski definition) is 0. The lowest BCUT2D eigenvalue weighted by atomic mass is 9.57. The van der Waals surface area contributed by atoms with Crippen molar-refractivity contribution in [2.45, 2.75) is 52.9 Å². The van der Waals surface area contributed by atoms with Gasteiger partial charge in [-0.05, 0) is 37.0 Å². The second-order valence-electron chi connectivity index (χ2n) is 6.26. The molecule has 1 atom stereocenters. The summed E-state index contributed by atoms with van der Waals surface area (Å²) in [5.74, 6) is 0.760. The van der Waals surface area contributed by atoms with Crippen LogP contribution in [0.25, 0.3) is 0 Å². The molecule has 0 aliphatic heterocycles. The fraction of sp³-hybridized carbons (Fsp3) is 0.867. The first-order chi connectivity index (χ1) is 7.93. The van der Waals surface area contributed by atoms with Gasteiger partial charge in [-0.3, -0.25) is 0 Å². The molecule has 0 aromatic heterocycles. The molecule has 1 aliphatic carbocycles. The van der Waals surface area contributed by atoms with Crippen molar-refractivity contribution in [3.63, 3.8) is 0 Å². The summed E-state index contributed by atoms with van der Waals surface area (Å²) in [5, 5.41) is 0. The zero-order valence-electron chi connectivity index (χ0n) is 11.7. The lowest BCUT2D eigenvalue weighted by molar-refractivity contribution is 0.00132. The molecule has 1 saturated carbocycles. The Morgan fingerprint density at radius 2 is 1.94 bits per heavy atom. The van der Waals surface area contributed by atoms with E-state index in [9.17, 15) is 0 Å². The van der Waals surface area contributed by atoms with Gasteiger partial charge in [0.15, 0.2) is 0 Å². The predicted octanol–water partition coefficient (Wildman–Crippen LogP) is 4.79. The van der Waals surface area contributed by atoms with Gasteiger partial charge in [0, 0.05) is 12.5 Å². The highest BCUT2D eigenvalue weighted by molar-refractivity contribution is 6.18. The van der Waals surface area contributed by atoms with E-state index >= 15 is 0 Å². The van der Waals surface area contributed by atoms with Crippen molar-refractivity contribution in [1.29, 1.82) is 0 Å². The van der Waals surface area contributed by atoms with Crippen LogP contribution in [0, 0.1) is 10.8 Å². The SMILES string of the molecule is C=C(C)COCCC1(CCl)CCCCC1(C)C. The fourth-order valence-electron chi connectivity index (χ4n) is 2.93. The molecule has 100 valence electrons. The van der Waals surface area contributed by atoms with Crippen LogP contribution in [0.5, 0.6) is 0 Å². The molecule has 0 aromatic rings. The number of rotatable bonds is 6. The van der Waals surface area contributed by atoms with Crippen molar-refractivity contribution in [3.8, 4) is 0 Å². The van der Waals surface area contributed by atoms with Crippen molar-refractivity contribution in [2.24, 2.45) is 10.8 Å². The van der Waals surface area contributed by atoms with Gasteiger partial charge < -0.3 is 4.74 Å². The molecule has 1 fully saturated rings. The minimum atomic E-state index is 0.266. The Kier molecular flexibility index (Phi) is 5.53. The first-order valence-corrected chi connectivity index (χ1v) is 7.25. The first-order valence-electron chi connectivity index (χ1n) is 6.72. The zero-order valence-corrected chi connectivity index (χ0v) is 12.4. The molecular weight excluding hydrogens is 232 g/mol. The van der Waals surface area contributed by atoms with Gasteiger partial charge in [0.1, 0.15) is 0 Å². The number of hydrogen-bond acceptors (Lipinski definition) is 1. The maximum Gasteiger partial charge on any atom is 0.0671 e. The lowest BCUT2D eigenvalue weighted by Crippen LogP contribution is -2.43. The molecule has 0 amide bonds. The van der Waals surface area contributed by atoms with Crippen LogP contribution in [0.4, 0.5) is 0 Å². The molecule has 0 bridgehead atoms. The Labute approximate surface area is 112 Å². The first kappa shape index (κ1) is 15.0. The molecule has 1 aliphatic rings. The van der Waals surface area contributed by atoms with Crippen LogP contribution in [0.1, 0.15) is 52.9 Å². The molecule has 1 rings (SSSR count). The predicted molar refractivity (Wildman–Crippen MR) is 75.7 cm³/mol. The molecule has 0 heterocycles. The Balaban J connectivity index is 2.52. The van der Waals surface area contributed by atoms with Crippen LogP contribution in [-0.4, -0.2) is 19.1 Å². The van der Waals surface area contributed by atoms with E-state index in [0.29, 0.717) is 12.0 Å². The van der Waals surface area contributed by atoms with Gasteiger partial charge in [-0.15, -0.1) is 11.6 Å². The fourth-order valence-corrected chi connectivity index (χ4v) is 3.55. The number of ether oxygens (including phenoxy) is 1. The molecule has 0 saturated heterocycles. The second kappa shape index (κ2) is 6.24. The van der Waals surface area contributed by atoms with Crippen LogP contribution in [-0.2, 0) is 4.74 Å². The van der Waals surface area contributed by atoms with Crippen molar-refractivity contribution < 1.29 is 4.74 Å². The van der Waals surface area contributed by atoms with Crippen LogP contribution in [0.2, 0.25) is 0 Å². The summed E-state index contributed by atoms with van der Waals surface area (Å²) in [6.45, 7) is 12.1. The third-order valence-electron chi connectivity index (χ3n) is 4.47. The lowest BCUT2D eigenvalue weighted by Gasteiger charge is -2.49. The van der Waals surface area contributed by atoms with Crippen LogP contribution < -0.4 is 0 Å². The number of halogens is 1. The summed E-state index contributed by atoms with van der Waals surface area (Å²) in [4.78, 5) is 0. The van der Waals surface area contributed by atoms with E-state index in [1.165, 1.54) is 25.7 Å². The van der Waals surface area contributed by atoms with E-state index in [1.54, 1.807) is 0 Å². The quantitative estimate of drug-likeness (QED) is 0.378. The van der Waals surface area contributed by atoms with Crippen LogP contribution >= 0.6 is 11.6 Å². The smallest absolute Gasteiger partial charge is 0.0671 e. The maximum absolute atomic E-state index is 6.29. The molecule has 0 spiro atoms. The van der Waals surface area contributed by atoms with Crippen LogP contribution in [0.3, 0.4) is 0 Å². The van der Waals surface area contributed by atoms with Gasteiger partial charge in [0.2, 0.25) is 0 Å². The Morgan fingerprint density at radius 1 is 1.29 bits per heavy atom. The average Bonchev–Trinajstić information content (AvgIpc) is 2.26. The van der Waals surface area contributed by atoms with Gasteiger partial charge >= 0.3 is 0 Å². The van der Waals surface area contributed by atoms with Crippen molar-refractivity contribution in [1.82, 2.24) is 0 Å². The Hall–Kier alpha value is -0.0100. The molecular formula is C15H27ClO. The van der Waals surface area contributed by atoms with Gasteiger partial charge in [-0.25, -0.2) is 0 Å². The summed E-state index contributed by atoms with van der Waals surface area (Å²) < 4.78 is 5.66. The molecule has 2 heteroatoms. The minimum Gasteiger partial charge on any atom is -0.377 e. The molecule has 17 heavy (non-hydrogen) atoms. The molecule has 1 unspecified atom stereocenters. The van der Waals surface area contributed by atoms with E-state index < -0.39 is 0 Å². The highest BCUT2D eigenvalue weighted by Gasteiger charge is 2.45. The largest absolute Gasteiger partial charge is 0.377 e. The summed E-state index contributed by atoms with van der Waals surface area (Å²) in [6.07, 6.45) is 6.28. The van der Waals surface area contributed by atoms with Crippen molar-refractivity contribution in [2.75, 3.05) is 19.1 Å². The zero-order chi connectivity index (χ0) is 12.9. The van der Waals surface area contributed by atoms with Crippen LogP contribution in [0.15, 0.2) is 12.2 Å². The monoisotopic (exact) mass is 258 g/mol. The van der Waals surface area contributed by atoms with Crippen molar-refractivity contribution >= 4 is 11.6 Å². The summed E-state index contributed by atoms with van der Waals surface area (Å²) >= 11 is 6.29. The molecule has 0 aromatic carbocycles. The summed E-state index contributed by atoms with van der Waals surface area (Å²) in [6, 6.07) is 0. The Morgan fingerprint density at radius 3 is 2.47 bits per heavy atom. The van der Waals surface area contributed by atoms with Gasteiger partial charge in [-0.2, -0.15) is 0 Å². The standard InChI is InChI=1S/C15H27ClO/c1-13(2)11-17-10-9-15(12-16)8-6-5-7-14(15,3)4/h1,5-12H2,2-4H3.